The molecule has 0 saturated heterocycles. The van der Waals surface area contributed by atoms with Gasteiger partial charge in [0.15, 0.2) is 0 Å². The van der Waals surface area contributed by atoms with E-state index in [1.807, 2.05) is 24.3 Å². The van der Waals surface area contributed by atoms with E-state index in [2.05, 4.69) is 35.7 Å². The van der Waals surface area contributed by atoms with Gasteiger partial charge in [0.05, 0.1) is 24.8 Å². The zero-order valence-corrected chi connectivity index (χ0v) is 14.4. The first kappa shape index (κ1) is 17.5. The topological polar surface area (TPSA) is 65.3 Å². The Bertz CT molecular complexity index is 754. The molecule has 130 valence electrons. The Morgan fingerprint density at radius 2 is 2.08 bits per heavy atom. The van der Waals surface area contributed by atoms with Crippen LogP contribution >= 0.6 is 0 Å². The number of rotatable bonds is 8. The quantitative estimate of drug-likeness (QED) is 0.726. The maximum Gasteiger partial charge on any atom is 0.119 e. The summed E-state index contributed by atoms with van der Waals surface area (Å²) < 4.78 is 5.70. The predicted octanol–water partition coefficient (Wildman–Crippen LogP) is 3.29. The van der Waals surface area contributed by atoms with Gasteiger partial charge in [-0.25, -0.2) is 0 Å². The van der Waals surface area contributed by atoms with Crippen molar-refractivity contribution in [2.24, 2.45) is 0 Å². The van der Waals surface area contributed by atoms with E-state index in [0.29, 0.717) is 19.6 Å². The number of hydrogen-bond donors (Lipinski definition) is 2. The molecule has 0 aromatic heterocycles. The number of ether oxygens (including phenoxy) is 1. The Morgan fingerprint density at radius 1 is 1.20 bits per heavy atom. The molecule has 0 saturated carbocycles. The first-order valence-electron chi connectivity index (χ1n) is 8.80. The third-order valence-corrected chi connectivity index (χ3v) is 4.85. The molecule has 1 atom stereocenters. The van der Waals surface area contributed by atoms with Crippen LogP contribution in [-0.4, -0.2) is 18.3 Å². The van der Waals surface area contributed by atoms with E-state index >= 15 is 0 Å². The van der Waals surface area contributed by atoms with Crippen LogP contribution in [-0.2, 0) is 18.5 Å². The van der Waals surface area contributed by atoms with E-state index in [0.717, 1.165) is 30.6 Å². The third kappa shape index (κ3) is 4.01. The van der Waals surface area contributed by atoms with Crippen LogP contribution in [0.25, 0.3) is 0 Å². The average Bonchev–Trinajstić information content (AvgIpc) is 3.03. The summed E-state index contributed by atoms with van der Waals surface area (Å²) in [7, 11) is 0. The summed E-state index contributed by atoms with van der Waals surface area (Å²) in [5, 5.41) is 22.2. The van der Waals surface area contributed by atoms with Crippen LogP contribution in [0.1, 0.15) is 36.0 Å². The van der Waals surface area contributed by atoms with Gasteiger partial charge in [0, 0.05) is 13.0 Å². The first-order valence-corrected chi connectivity index (χ1v) is 8.80. The van der Waals surface area contributed by atoms with Gasteiger partial charge in [-0.15, -0.1) is 0 Å². The number of aliphatic hydroxyl groups is 1. The fourth-order valence-electron chi connectivity index (χ4n) is 3.45. The summed E-state index contributed by atoms with van der Waals surface area (Å²) in [6.07, 6.45) is 3.15. The van der Waals surface area contributed by atoms with Crippen LogP contribution in [0.3, 0.4) is 0 Å². The first-order chi connectivity index (χ1) is 12.3. The van der Waals surface area contributed by atoms with Crippen molar-refractivity contribution in [2.75, 3.05) is 13.2 Å². The lowest BCUT2D eigenvalue weighted by molar-refractivity contribution is 0.159. The van der Waals surface area contributed by atoms with E-state index in [-0.39, 0.29) is 12.1 Å². The molecule has 0 radical (unpaired) electrons. The van der Waals surface area contributed by atoms with E-state index in [1.54, 1.807) is 0 Å². The van der Waals surface area contributed by atoms with E-state index in [4.69, 9.17) is 10.00 Å². The Hall–Kier alpha value is -2.35. The van der Waals surface area contributed by atoms with Crippen molar-refractivity contribution < 1.29 is 9.84 Å². The monoisotopic (exact) mass is 336 g/mol. The summed E-state index contributed by atoms with van der Waals surface area (Å²) in [5.41, 5.74) is 3.29. The highest BCUT2D eigenvalue weighted by atomic mass is 16.5. The molecule has 0 bridgehead atoms. The smallest absolute Gasteiger partial charge is 0.119 e. The summed E-state index contributed by atoms with van der Waals surface area (Å²) in [4.78, 5) is 0. The molecule has 2 aromatic rings. The molecule has 4 heteroatoms. The highest BCUT2D eigenvalue weighted by molar-refractivity contribution is 5.39. The minimum absolute atomic E-state index is 0.0916. The molecule has 0 spiro atoms. The molecule has 2 aromatic carbocycles. The molecule has 1 aliphatic carbocycles. The molecule has 1 unspecified atom stereocenters. The number of nitrogens with one attached hydrogen (secondary N) is 1. The van der Waals surface area contributed by atoms with E-state index < -0.39 is 0 Å². The molecular formula is C21H24N2O2. The number of fused-ring (bicyclic) bond motifs is 1. The lowest BCUT2D eigenvalue weighted by Crippen LogP contribution is -2.43. The van der Waals surface area contributed by atoms with Crippen molar-refractivity contribution in [3.05, 3.63) is 65.2 Å². The van der Waals surface area contributed by atoms with Crippen LogP contribution in [0.5, 0.6) is 5.75 Å². The molecule has 0 aliphatic heterocycles. The summed E-state index contributed by atoms with van der Waals surface area (Å²) in [5.74, 6) is 0.821. The SMILES string of the molecule is N#CCCCOc1cccc(CNC2(CO)CCc3ccccc32)c1. The second kappa shape index (κ2) is 8.15. The zero-order valence-electron chi connectivity index (χ0n) is 14.4. The number of aliphatic hydroxyl groups excluding tert-OH is 1. The predicted molar refractivity (Wildman–Crippen MR) is 97.2 cm³/mol. The molecule has 25 heavy (non-hydrogen) atoms. The number of unbranched alkanes of at least 4 members (excludes halogenated alkanes) is 1. The standard InChI is InChI=1S/C21H24N2O2/c22-12-3-4-13-25-19-8-5-6-17(14-19)15-23-21(16-24)11-10-18-7-1-2-9-20(18)21/h1-2,5-9,14,23-24H,3-4,10-11,13,15-16H2. The van der Waals surface area contributed by atoms with Crippen molar-refractivity contribution in [1.82, 2.24) is 5.32 Å². The van der Waals surface area contributed by atoms with Crippen molar-refractivity contribution in [3.63, 3.8) is 0 Å². The molecule has 0 heterocycles. The van der Waals surface area contributed by atoms with Crippen molar-refractivity contribution in [2.45, 2.75) is 37.8 Å². The van der Waals surface area contributed by atoms with Gasteiger partial charge in [0.1, 0.15) is 5.75 Å². The van der Waals surface area contributed by atoms with Gasteiger partial charge < -0.3 is 15.2 Å². The minimum Gasteiger partial charge on any atom is -0.494 e. The number of nitriles is 1. The molecule has 1 aliphatic rings. The van der Waals surface area contributed by atoms with Crippen LogP contribution in [0.4, 0.5) is 0 Å². The normalized spacial score (nSPS) is 18.6. The van der Waals surface area contributed by atoms with Gasteiger partial charge in [-0.1, -0.05) is 36.4 Å². The number of benzene rings is 2. The lowest BCUT2D eigenvalue weighted by atomic mass is 9.92. The number of hydrogen-bond acceptors (Lipinski definition) is 4. The van der Waals surface area contributed by atoms with Gasteiger partial charge in [0.25, 0.3) is 0 Å². The average molecular weight is 336 g/mol. The molecular weight excluding hydrogens is 312 g/mol. The van der Waals surface area contributed by atoms with Gasteiger partial charge in [-0.05, 0) is 48.1 Å². The van der Waals surface area contributed by atoms with Crippen LogP contribution < -0.4 is 10.1 Å². The molecule has 2 N–H and O–H groups in total. The van der Waals surface area contributed by atoms with Gasteiger partial charge in [-0.3, -0.25) is 0 Å². The number of aryl methyl sites for hydroxylation is 1. The number of nitrogens with zero attached hydrogens (tertiary/aromatic N) is 1. The highest BCUT2D eigenvalue weighted by Gasteiger charge is 2.37. The minimum atomic E-state index is -0.361. The van der Waals surface area contributed by atoms with Crippen molar-refractivity contribution in [1.29, 1.82) is 5.26 Å². The Morgan fingerprint density at radius 3 is 2.92 bits per heavy atom. The molecule has 4 nitrogen and oxygen atoms in total. The summed E-state index contributed by atoms with van der Waals surface area (Å²) in [6.45, 7) is 1.32. The van der Waals surface area contributed by atoms with Crippen LogP contribution in [0.2, 0.25) is 0 Å². The third-order valence-electron chi connectivity index (χ3n) is 4.85. The fourth-order valence-corrected chi connectivity index (χ4v) is 3.45. The largest absolute Gasteiger partial charge is 0.494 e. The van der Waals surface area contributed by atoms with Gasteiger partial charge in [0.2, 0.25) is 0 Å². The zero-order chi connectivity index (χ0) is 17.5. The van der Waals surface area contributed by atoms with Crippen LogP contribution in [0.15, 0.2) is 48.5 Å². The highest BCUT2D eigenvalue weighted by Crippen LogP contribution is 2.36. The van der Waals surface area contributed by atoms with E-state index in [1.165, 1.54) is 11.1 Å². The molecule has 0 fully saturated rings. The Kier molecular flexibility index (Phi) is 5.70. The summed E-state index contributed by atoms with van der Waals surface area (Å²) in [6, 6.07) is 18.5. The van der Waals surface area contributed by atoms with E-state index in [9.17, 15) is 5.11 Å². The lowest BCUT2D eigenvalue weighted by Gasteiger charge is -2.30. The van der Waals surface area contributed by atoms with Crippen molar-refractivity contribution in [3.8, 4) is 11.8 Å². The van der Waals surface area contributed by atoms with Crippen LogP contribution in [0, 0.1) is 11.3 Å². The Balaban J connectivity index is 1.64. The van der Waals surface area contributed by atoms with Gasteiger partial charge in [-0.2, -0.15) is 5.26 Å². The second-order valence-corrected chi connectivity index (χ2v) is 6.51. The molecule has 0 amide bonds. The molecule has 3 rings (SSSR count). The summed E-state index contributed by atoms with van der Waals surface area (Å²) >= 11 is 0. The Labute approximate surface area is 149 Å². The maximum absolute atomic E-state index is 10.0. The maximum atomic E-state index is 10.0. The van der Waals surface area contributed by atoms with Gasteiger partial charge >= 0.3 is 0 Å². The fraction of sp³-hybridized carbons (Fsp3) is 0.381. The van der Waals surface area contributed by atoms with Crippen molar-refractivity contribution >= 4 is 0 Å². The second-order valence-electron chi connectivity index (χ2n) is 6.51.